The fourth-order valence-electron chi connectivity index (χ4n) is 1.97. The van der Waals surface area contributed by atoms with Crippen LogP contribution in [0.4, 0.5) is 0 Å². The lowest BCUT2D eigenvalue weighted by Gasteiger charge is -2.12. The normalized spacial score (nSPS) is 15.7. The van der Waals surface area contributed by atoms with Gasteiger partial charge in [-0.1, -0.05) is 20.3 Å². The van der Waals surface area contributed by atoms with Gasteiger partial charge in [0.25, 0.3) is 0 Å². The number of hydrogen-bond acceptors (Lipinski definition) is 3. The first kappa shape index (κ1) is 14.4. The van der Waals surface area contributed by atoms with Crippen LogP contribution in [0.2, 0.25) is 0 Å². The van der Waals surface area contributed by atoms with Crippen LogP contribution in [0.15, 0.2) is 16.6 Å². The van der Waals surface area contributed by atoms with Crippen molar-refractivity contribution in [1.29, 1.82) is 0 Å². The molecule has 0 spiro atoms. The Labute approximate surface area is 122 Å². The Morgan fingerprint density at radius 2 is 1.95 bits per heavy atom. The van der Waals surface area contributed by atoms with E-state index in [0.29, 0.717) is 42.6 Å². The first-order valence-electron chi connectivity index (χ1n) is 6.74. The molecule has 3 nitrogen and oxygen atoms in total. The van der Waals surface area contributed by atoms with Gasteiger partial charge in [-0.3, -0.25) is 4.79 Å². The number of carbonyl (C=O) groups excluding carboxylic acids is 1. The van der Waals surface area contributed by atoms with E-state index in [-0.39, 0.29) is 5.78 Å². The largest absolute Gasteiger partial charge is 0.490 e. The van der Waals surface area contributed by atoms with E-state index in [4.69, 9.17) is 9.47 Å². The van der Waals surface area contributed by atoms with Gasteiger partial charge in [-0.05, 0) is 34.0 Å². The first-order valence-corrected chi connectivity index (χ1v) is 7.53. The van der Waals surface area contributed by atoms with Gasteiger partial charge in [-0.2, -0.15) is 0 Å². The molecule has 0 saturated carbocycles. The fourth-order valence-corrected chi connectivity index (χ4v) is 2.51. The van der Waals surface area contributed by atoms with E-state index in [1.807, 2.05) is 6.07 Å². The average molecular weight is 327 g/mol. The van der Waals surface area contributed by atoms with Crippen LogP contribution in [-0.4, -0.2) is 19.0 Å². The Kier molecular flexibility index (Phi) is 4.86. The van der Waals surface area contributed by atoms with Crippen molar-refractivity contribution < 1.29 is 14.3 Å². The van der Waals surface area contributed by atoms with Gasteiger partial charge in [0.05, 0.1) is 13.2 Å². The molecule has 0 fully saturated rings. The van der Waals surface area contributed by atoms with Gasteiger partial charge in [0.1, 0.15) is 0 Å². The standard InChI is InChI=1S/C15H19BrO3/c1-3-10(2)7-13(17)11-8-14-15(9-12(11)16)19-6-4-5-18-14/h8-10H,3-7H2,1-2H3. The Hall–Kier alpha value is -1.03. The van der Waals surface area contributed by atoms with E-state index in [9.17, 15) is 4.79 Å². The van der Waals surface area contributed by atoms with Crippen molar-refractivity contribution in [3.63, 3.8) is 0 Å². The van der Waals surface area contributed by atoms with Crippen LogP contribution in [0.1, 0.15) is 43.5 Å². The summed E-state index contributed by atoms with van der Waals surface area (Å²) in [6.45, 7) is 5.48. The van der Waals surface area contributed by atoms with Gasteiger partial charge in [0.2, 0.25) is 0 Å². The van der Waals surface area contributed by atoms with Crippen LogP contribution in [0.25, 0.3) is 0 Å². The SMILES string of the molecule is CCC(C)CC(=O)c1cc2c(cc1Br)OCCCO2. The summed E-state index contributed by atoms with van der Waals surface area (Å²) in [4.78, 5) is 12.3. The second-order valence-electron chi connectivity index (χ2n) is 4.97. The lowest BCUT2D eigenvalue weighted by Crippen LogP contribution is -2.07. The van der Waals surface area contributed by atoms with E-state index in [1.54, 1.807) is 6.07 Å². The fraction of sp³-hybridized carbons (Fsp3) is 0.533. The van der Waals surface area contributed by atoms with Crippen molar-refractivity contribution in [2.24, 2.45) is 5.92 Å². The van der Waals surface area contributed by atoms with Crippen molar-refractivity contribution in [3.8, 4) is 11.5 Å². The number of fused-ring (bicyclic) bond motifs is 1. The summed E-state index contributed by atoms with van der Waals surface area (Å²) in [5.74, 6) is 1.94. The molecule has 1 heterocycles. The predicted molar refractivity (Wildman–Crippen MR) is 78.2 cm³/mol. The Morgan fingerprint density at radius 3 is 2.58 bits per heavy atom. The smallest absolute Gasteiger partial charge is 0.164 e. The summed E-state index contributed by atoms with van der Waals surface area (Å²) >= 11 is 3.46. The Bertz CT molecular complexity index is 471. The minimum Gasteiger partial charge on any atom is -0.490 e. The molecule has 19 heavy (non-hydrogen) atoms. The highest BCUT2D eigenvalue weighted by molar-refractivity contribution is 9.10. The van der Waals surface area contributed by atoms with Crippen molar-refractivity contribution >= 4 is 21.7 Å². The summed E-state index contributed by atoms with van der Waals surface area (Å²) in [7, 11) is 0. The van der Waals surface area contributed by atoms with Crippen molar-refractivity contribution in [1.82, 2.24) is 0 Å². The molecular weight excluding hydrogens is 308 g/mol. The highest BCUT2D eigenvalue weighted by atomic mass is 79.9. The third-order valence-electron chi connectivity index (χ3n) is 3.37. The van der Waals surface area contributed by atoms with Crippen LogP contribution in [0.5, 0.6) is 11.5 Å². The van der Waals surface area contributed by atoms with Crippen LogP contribution >= 0.6 is 15.9 Å². The molecule has 104 valence electrons. The summed E-state index contributed by atoms with van der Waals surface area (Å²) < 4.78 is 12.0. The zero-order valence-electron chi connectivity index (χ0n) is 11.4. The maximum Gasteiger partial charge on any atom is 0.164 e. The summed E-state index contributed by atoms with van der Waals surface area (Å²) in [6, 6.07) is 3.64. The van der Waals surface area contributed by atoms with Gasteiger partial charge < -0.3 is 9.47 Å². The maximum absolute atomic E-state index is 12.3. The topological polar surface area (TPSA) is 35.5 Å². The van der Waals surface area contributed by atoms with Crippen molar-refractivity contribution in [3.05, 3.63) is 22.2 Å². The molecule has 0 aliphatic carbocycles. The molecule has 4 heteroatoms. The van der Waals surface area contributed by atoms with Crippen LogP contribution in [0, 0.1) is 5.92 Å². The van der Waals surface area contributed by atoms with E-state index in [1.165, 1.54) is 0 Å². The van der Waals surface area contributed by atoms with E-state index >= 15 is 0 Å². The number of benzene rings is 1. The number of rotatable bonds is 4. The minimum atomic E-state index is 0.150. The lowest BCUT2D eigenvalue weighted by molar-refractivity contribution is 0.0962. The number of halogens is 1. The molecule has 1 aliphatic heterocycles. The number of hydrogen-bond donors (Lipinski definition) is 0. The van der Waals surface area contributed by atoms with Crippen LogP contribution in [0.3, 0.4) is 0 Å². The van der Waals surface area contributed by atoms with Gasteiger partial charge in [0, 0.05) is 22.9 Å². The monoisotopic (exact) mass is 326 g/mol. The number of Topliss-reactive ketones (excluding diaryl/α,β-unsaturated/α-hetero) is 1. The van der Waals surface area contributed by atoms with Crippen molar-refractivity contribution in [2.75, 3.05) is 13.2 Å². The molecule has 0 bridgehead atoms. The first-order chi connectivity index (χ1) is 9.11. The van der Waals surface area contributed by atoms with Gasteiger partial charge >= 0.3 is 0 Å². The van der Waals surface area contributed by atoms with Crippen LogP contribution in [-0.2, 0) is 0 Å². The second kappa shape index (κ2) is 6.42. The summed E-state index contributed by atoms with van der Waals surface area (Å²) in [5.41, 5.74) is 0.685. The molecule has 0 saturated heterocycles. The van der Waals surface area contributed by atoms with Crippen LogP contribution < -0.4 is 9.47 Å². The molecule has 0 radical (unpaired) electrons. The molecule has 0 amide bonds. The number of ether oxygens (including phenoxy) is 2. The Morgan fingerprint density at radius 1 is 1.32 bits per heavy atom. The molecule has 1 atom stereocenters. The lowest BCUT2D eigenvalue weighted by atomic mass is 9.97. The molecular formula is C15H19BrO3. The number of carbonyl (C=O) groups is 1. The van der Waals surface area contributed by atoms with E-state index in [0.717, 1.165) is 17.3 Å². The zero-order chi connectivity index (χ0) is 13.8. The quantitative estimate of drug-likeness (QED) is 0.777. The minimum absolute atomic E-state index is 0.150. The van der Waals surface area contributed by atoms with Gasteiger partial charge in [-0.25, -0.2) is 0 Å². The molecule has 1 aromatic rings. The number of ketones is 1. The van der Waals surface area contributed by atoms with E-state index in [2.05, 4.69) is 29.8 Å². The summed E-state index contributed by atoms with van der Waals surface area (Å²) in [5, 5.41) is 0. The second-order valence-corrected chi connectivity index (χ2v) is 5.82. The molecule has 0 aromatic heterocycles. The molecule has 1 aromatic carbocycles. The highest BCUT2D eigenvalue weighted by Crippen LogP contribution is 2.36. The molecule has 1 aliphatic rings. The molecule has 1 unspecified atom stereocenters. The van der Waals surface area contributed by atoms with E-state index < -0.39 is 0 Å². The highest BCUT2D eigenvalue weighted by Gasteiger charge is 2.19. The Balaban J connectivity index is 2.26. The zero-order valence-corrected chi connectivity index (χ0v) is 13.0. The van der Waals surface area contributed by atoms with Gasteiger partial charge in [-0.15, -0.1) is 0 Å². The van der Waals surface area contributed by atoms with Gasteiger partial charge in [0.15, 0.2) is 17.3 Å². The third-order valence-corrected chi connectivity index (χ3v) is 4.02. The average Bonchev–Trinajstić information content (AvgIpc) is 2.62. The van der Waals surface area contributed by atoms with Crippen molar-refractivity contribution in [2.45, 2.75) is 33.1 Å². The molecule has 2 rings (SSSR count). The maximum atomic E-state index is 12.3. The third kappa shape index (κ3) is 3.50. The predicted octanol–water partition coefficient (Wildman–Crippen LogP) is 4.23. The molecule has 0 N–H and O–H groups in total. The summed E-state index contributed by atoms with van der Waals surface area (Å²) in [6.07, 6.45) is 2.44.